The number of allylic oxidation sites excluding steroid dienone is 1. The highest BCUT2D eigenvalue weighted by atomic mass is 16.5. The van der Waals surface area contributed by atoms with Crippen LogP contribution in [0.4, 0.5) is 0 Å². The van der Waals surface area contributed by atoms with Crippen molar-refractivity contribution in [1.82, 2.24) is 0 Å². The minimum Gasteiger partial charge on any atom is -0.457 e. The number of carbonyl (C=O) groups excluding carboxylic acids is 3. The van der Waals surface area contributed by atoms with E-state index >= 15 is 0 Å². The summed E-state index contributed by atoms with van der Waals surface area (Å²) in [7, 11) is 0. The first kappa shape index (κ1) is 14.6. The van der Waals surface area contributed by atoms with Gasteiger partial charge < -0.3 is 4.74 Å². The molecule has 1 rings (SSSR count). The van der Waals surface area contributed by atoms with Gasteiger partial charge >= 0.3 is 5.97 Å². The maximum Gasteiger partial charge on any atom is 0.313 e. The molecule has 0 aromatic heterocycles. The second-order valence-corrected chi connectivity index (χ2v) is 5.49. The third-order valence-corrected chi connectivity index (χ3v) is 3.45. The SMILES string of the molecule is CC(=O)CC(=O)OC1CCC(C)(C)C(C=O)=C1C. The molecule has 0 fully saturated rings. The minimum absolute atomic E-state index is 0.171. The van der Waals surface area contributed by atoms with Crippen LogP contribution in [0.1, 0.15) is 47.0 Å². The highest BCUT2D eigenvalue weighted by molar-refractivity contribution is 5.94. The van der Waals surface area contributed by atoms with E-state index in [1.807, 2.05) is 20.8 Å². The van der Waals surface area contributed by atoms with Crippen molar-refractivity contribution in [2.45, 2.75) is 53.1 Å². The molecule has 1 aliphatic rings. The molecular weight excluding hydrogens is 232 g/mol. The van der Waals surface area contributed by atoms with Crippen LogP contribution in [0, 0.1) is 5.41 Å². The first-order chi connectivity index (χ1) is 8.27. The first-order valence-electron chi connectivity index (χ1n) is 6.13. The second kappa shape index (κ2) is 5.46. The van der Waals surface area contributed by atoms with Crippen LogP contribution < -0.4 is 0 Å². The minimum atomic E-state index is -0.517. The van der Waals surface area contributed by atoms with Gasteiger partial charge in [-0.3, -0.25) is 14.4 Å². The highest BCUT2D eigenvalue weighted by Gasteiger charge is 2.34. The Morgan fingerprint density at radius 1 is 1.44 bits per heavy atom. The number of Topliss-reactive ketones (excluding diaryl/α,β-unsaturated/α-hetero) is 1. The number of ketones is 1. The van der Waals surface area contributed by atoms with Gasteiger partial charge in [0.2, 0.25) is 0 Å². The van der Waals surface area contributed by atoms with E-state index in [0.29, 0.717) is 12.0 Å². The molecule has 0 spiro atoms. The lowest BCUT2D eigenvalue weighted by Crippen LogP contribution is -2.32. The Balaban J connectivity index is 2.84. The number of aldehydes is 1. The molecule has 0 radical (unpaired) electrons. The van der Waals surface area contributed by atoms with Crippen LogP contribution in [0.2, 0.25) is 0 Å². The van der Waals surface area contributed by atoms with Crippen LogP contribution >= 0.6 is 0 Å². The summed E-state index contributed by atoms with van der Waals surface area (Å²) in [6.45, 7) is 7.18. The van der Waals surface area contributed by atoms with Gasteiger partial charge in [0.15, 0.2) is 0 Å². The summed E-state index contributed by atoms with van der Waals surface area (Å²) in [5, 5.41) is 0. The van der Waals surface area contributed by atoms with E-state index in [0.717, 1.165) is 18.3 Å². The highest BCUT2D eigenvalue weighted by Crippen LogP contribution is 2.40. The third-order valence-electron chi connectivity index (χ3n) is 3.45. The predicted molar refractivity (Wildman–Crippen MR) is 67.0 cm³/mol. The fourth-order valence-corrected chi connectivity index (χ4v) is 2.35. The fourth-order valence-electron chi connectivity index (χ4n) is 2.35. The van der Waals surface area contributed by atoms with E-state index in [4.69, 9.17) is 4.74 Å². The van der Waals surface area contributed by atoms with Gasteiger partial charge in [-0.1, -0.05) is 13.8 Å². The average molecular weight is 252 g/mol. The van der Waals surface area contributed by atoms with Crippen LogP contribution in [0.3, 0.4) is 0 Å². The summed E-state index contributed by atoms with van der Waals surface area (Å²) in [5.74, 6) is -0.731. The largest absolute Gasteiger partial charge is 0.457 e. The molecule has 4 nitrogen and oxygen atoms in total. The van der Waals surface area contributed by atoms with Crippen LogP contribution in [-0.4, -0.2) is 24.1 Å². The molecule has 0 aromatic carbocycles. The molecule has 18 heavy (non-hydrogen) atoms. The Bertz CT molecular complexity index is 404. The van der Waals surface area contributed by atoms with Crippen molar-refractivity contribution < 1.29 is 19.1 Å². The van der Waals surface area contributed by atoms with Crippen LogP contribution in [-0.2, 0) is 19.1 Å². The Labute approximate surface area is 107 Å². The summed E-state index contributed by atoms with van der Waals surface area (Å²) in [5.41, 5.74) is 1.34. The molecular formula is C14H20O4. The van der Waals surface area contributed by atoms with Gasteiger partial charge in [0.1, 0.15) is 24.6 Å². The van der Waals surface area contributed by atoms with Crippen LogP contribution in [0.25, 0.3) is 0 Å². The van der Waals surface area contributed by atoms with E-state index in [9.17, 15) is 14.4 Å². The van der Waals surface area contributed by atoms with Gasteiger partial charge in [-0.15, -0.1) is 0 Å². The molecule has 0 saturated carbocycles. The summed E-state index contributed by atoms with van der Waals surface area (Å²) in [6, 6.07) is 0. The Hall–Kier alpha value is -1.45. The zero-order valence-corrected chi connectivity index (χ0v) is 11.4. The number of rotatable bonds is 4. The fraction of sp³-hybridized carbons (Fsp3) is 0.643. The van der Waals surface area contributed by atoms with Crippen LogP contribution in [0.15, 0.2) is 11.1 Å². The standard InChI is InChI=1S/C14H20O4/c1-9(16)7-13(17)18-12-5-6-14(3,4)11(8-15)10(12)2/h8,12H,5-7H2,1-4H3. The summed E-state index contributed by atoms with van der Waals surface area (Å²) in [4.78, 5) is 33.4. The van der Waals surface area contributed by atoms with E-state index in [1.165, 1.54) is 6.92 Å². The maximum atomic E-state index is 11.5. The molecule has 0 bridgehead atoms. The van der Waals surface area contributed by atoms with E-state index in [-0.39, 0.29) is 23.7 Å². The summed E-state index contributed by atoms with van der Waals surface area (Å²) >= 11 is 0. The lowest BCUT2D eigenvalue weighted by atomic mass is 9.72. The first-order valence-corrected chi connectivity index (χ1v) is 6.13. The maximum absolute atomic E-state index is 11.5. The molecule has 0 aliphatic heterocycles. The van der Waals surface area contributed by atoms with E-state index < -0.39 is 5.97 Å². The Kier molecular flexibility index (Phi) is 4.43. The van der Waals surface area contributed by atoms with Gasteiger partial charge in [-0.25, -0.2) is 0 Å². The topological polar surface area (TPSA) is 60.4 Å². The summed E-state index contributed by atoms with van der Waals surface area (Å²) < 4.78 is 5.26. The molecule has 1 atom stereocenters. The van der Waals surface area contributed by atoms with E-state index in [2.05, 4.69) is 0 Å². The number of esters is 1. The predicted octanol–water partition coefficient (Wildman–Crippen LogP) is 2.21. The molecule has 0 heterocycles. The number of hydrogen-bond acceptors (Lipinski definition) is 4. The zero-order valence-electron chi connectivity index (χ0n) is 11.4. The number of hydrogen-bond donors (Lipinski definition) is 0. The molecule has 1 aliphatic carbocycles. The lowest BCUT2D eigenvalue weighted by molar-refractivity contribution is -0.150. The number of ether oxygens (including phenoxy) is 1. The average Bonchev–Trinajstić information content (AvgIpc) is 2.21. The smallest absolute Gasteiger partial charge is 0.313 e. The third kappa shape index (κ3) is 3.28. The second-order valence-electron chi connectivity index (χ2n) is 5.49. The monoisotopic (exact) mass is 252 g/mol. The van der Waals surface area contributed by atoms with Gasteiger partial charge in [0.25, 0.3) is 0 Å². The van der Waals surface area contributed by atoms with Gasteiger partial charge in [-0.2, -0.15) is 0 Å². The van der Waals surface area contributed by atoms with Gasteiger partial charge in [0.05, 0.1) is 0 Å². The molecule has 0 aromatic rings. The Morgan fingerprint density at radius 3 is 2.56 bits per heavy atom. The van der Waals surface area contributed by atoms with Crippen molar-refractivity contribution >= 4 is 18.0 Å². The number of carbonyl (C=O) groups is 3. The molecule has 1 unspecified atom stereocenters. The van der Waals surface area contributed by atoms with Crippen molar-refractivity contribution in [2.75, 3.05) is 0 Å². The molecule has 100 valence electrons. The quantitative estimate of drug-likeness (QED) is 0.437. The van der Waals surface area contributed by atoms with Crippen molar-refractivity contribution in [3.8, 4) is 0 Å². The molecule has 4 heteroatoms. The molecule has 0 N–H and O–H groups in total. The van der Waals surface area contributed by atoms with Crippen molar-refractivity contribution in [1.29, 1.82) is 0 Å². The molecule has 0 amide bonds. The van der Waals surface area contributed by atoms with Gasteiger partial charge in [0, 0.05) is 5.57 Å². The van der Waals surface area contributed by atoms with Crippen LogP contribution in [0.5, 0.6) is 0 Å². The van der Waals surface area contributed by atoms with Crippen molar-refractivity contribution in [3.05, 3.63) is 11.1 Å². The van der Waals surface area contributed by atoms with Gasteiger partial charge in [-0.05, 0) is 37.7 Å². The van der Waals surface area contributed by atoms with Crippen molar-refractivity contribution in [3.63, 3.8) is 0 Å². The lowest BCUT2D eigenvalue weighted by Gasteiger charge is -2.35. The van der Waals surface area contributed by atoms with Crippen molar-refractivity contribution in [2.24, 2.45) is 5.41 Å². The normalized spacial score (nSPS) is 22.6. The van der Waals surface area contributed by atoms with E-state index in [1.54, 1.807) is 0 Å². The zero-order chi connectivity index (χ0) is 13.9. The molecule has 0 saturated heterocycles. The summed E-state index contributed by atoms with van der Waals surface area (Å²) in [6.07, 6.45) is 1.75. The Morgan fingerprint density at radius 2 is 2.06 bits per heavy atom.